The first kappa shape index (κ1) is 14.4. The zero-order chi connectivity index (χ0) is 13.8. The number of rotatable bonds is 3. The van der Waals surface area contributed by atoms with Crippen molar-refractivity contribution in [2.75, 3.05) is 38.1 Å². The fraction of sp³-hybridized carbons (Fsp3) is 0.625. The molecule has 0 amide bonds. The lowest BCUT2D eigenvalue weighted by Crippen LogP contribution is -2.40. The molecule has 106 valence electrons. The van der Waals surface area contributed by atoms with Gasteiger partial charge in [0.15, 0.2) is 0 Å². The van der Waals surface area contributed by atoms with Gasteiger partial charge in [-0.1, -0.05) is 12.1 Å². The van der Waals surface area contributed by atoms with Gasteiger partial charge in [0, 0.05) is 24.8 Å². The molecule has 1 unspecified atom stereocenters. The number of aryl methyl sites for hydroxylation is 1. The summed E-state index contributed by atoms with van der Waals surface area (Å²) in [7, 11) is 2.23. The van der Waals surface area contributed by atoms with Gasteiger partial charge >= 0.3 is 0 Å². The Hall–Kier alpha value is -1.06. The third kappa shape index (κ3) is 3.28. The SMILES string of the molecule is Cc1cccc(N2CCCN(C)C(CCN)C2)c1C. The lowest BCUT2D eigenvalue weighted by atomic mass is 10.1. The molecule has 1 heterocycles. The molecule has 0 radical (unpaired) electrons. The van der Waals surface area contributed by atoms with Gasteiger partial charge in [-0.05, 0) is 64.0 Å². The summed E-state index contributed by atoms with van der Waals surface area (Å²) in [4.78, 5) is 5.02. The first-order valence-electron chi connectivity index (χ1n) is 7.35. The predicted molar refractivity (Wildman–Crippen MR) is 82.8 cm³/mol. The summed E-state index contributed by atoms with van der Waals surface area (Å²) in [6.07, 6.45) is 2.31. The highest BCUT2D eigenvalue weighted by atomic mass is 15.2. The van der Waals surface area contributed by atoms with Gasteiger partial charge in [-0.25, -0.2) is 0 Å². The molecule has 3 heteroatoms. The monoisotopic (exact) mass is 261 g/mol. The molecule has 1 fully saturated rings. The third-order valence-corrected chi connectivity index (χ3v) is 4.41. The molecule has 2 N–H and O–H groups in total. The second-order valence-corrected chi connectivity index (χ2v) is 5.73. The van der Waals surface area contributed by atoms with Crippen LogP contribution in [0.25, 0.3) is 0 Å². The summed E-state index contributed by atoms with van der Waals surface area (Å²) in [5.74, 6) is 0. The molecule has 1 aromatic carbocycles. The fourth-order valence-corrected chi connectivity index (χ4v) is 2.98. The third-order valence-electron chi connectivity index (χ3n) is 4.41. The van der Waals surface area contributed by atoms with Gasteiger partial charge in [-0.2, -0.15) is 0 Å². The highest BCUT2D eigenvalue weighted by Gasteiger charge is 2.22. The van der Waals surface area contributed by atoms with Gasteiger partial charge in [-0.15, -0.1) is 0 Å². The summed E-state index contributed by atoms with van der Waals surface area (Å²) in [5, 5.41) is 0. The van der Waals surface area contributed by atoms with Crippen molar-refractivity contribution >= 4 is 5.69 Å². The zero-order valence-electron chi connectivity index (χ0n) is 12.5. The number of hydrogen-bond donors (Lipinski definition) is 1. The van der Waals surface area contributed by atoms with Crippen LogP contribution < -0.4 is 10.6 Å². The number of hydrogen-bond acceptors (Lipinski definition) is 3. The van der Waals surface area contributed by atoms with E-state index in [2.05, 4.69) is 48.9 Å². The van der Waals surface area contributed by atoms with E-state index in [1.807, 2.05) is 0 Å². The summed E-state index contributed by atoms with van der Waals surface area (Å²) in [6, 6.07) is 7.20. The smallest absolute Gasteiger partial charge is 0.0399 e. The molecular formula is C16H27N3. The molecule has 19 heavy (non-hydrogen) atoms. The first-order valence-corrected chi connectivity index (χ1v) is 7.35. The maximum Gasteiger partial charge on any atom is 0.0399 e. The first-order chi connectivity index (χ1) is 9.13. The summed E-state index contributed by atoms with van der Waals surface area (Å²) >= 11 is 0. The standard InChI is InChI=1S/C16H27N3/c1-13-6-4-7-16(14(13)2)19-11-5-10-18(3)15(12-19)8-9-17/h4,6-7,15H,5,8-12,17H2,1-3H3. The molecular weight excluding hydrogens is 234 g/mol. The quantitative estimate of drug-likeness (QED) is 0.905. The second-order valence-electron chi connectivity index (χ2n) is 5.73. The lowest BCUT2D eigenvalue weighted by molar-refractivity contribution is 0.251. The molecule has 0 saturated carbocycles. The number of likely N-dealkylation sites (N-methyl/N-ethyl adjacent to an activating group) is 1. The van der Waals surface area contributed by atoms with Crippen LogP contribution in [0, 0.1) is 13.8 Å². The lowest BCUT2D eigenvalue weighted by Gasteiger charge is -2.31. The topological polar surface area (TPSA) is 32.5 Å². The van der Waals surface area contributed by atoms with Crippen molar-refractivity contribution in [3.63, 3.8) is 0 Å². The van der Waals surface area contributed by atoms with Crippen LogP contribution in [0.2, 0.25) is 0 Å². The van der Waals surface area contributed by atoms with Crippen LogP contribution in [-0.2, 0) is 0 Å². The van der Waals surface area contributed by atoms with E-state index in [4.69, 9.17) is 5.73 Å². The van der Waals surface area contributed by atoms with Crippen molar-refractivity contribution < 1.29 is 0 Å². The van der Waals surface area contributed by atoms with Crippen LogP contribution in [0.5, 0.6) is 0 Å². The Morgan fingerprint density at radius 3 is 2.79 bits per heavy atom. The van der Waals surface area contributed by atoms with Crippen molar-refractivity contribution in [1.82, 2.24) is 4.90 Å². The van der Waals surface area contributed by atoms with Crippen molar-refractivity contribution in [3.05, 3.63) is 29.3 Å². The summed E-state index contributed by atoms with van der Waals surface area (Å²) in [5.41, 5.74) is 9.96. The Morgan fingerprint density at radius 1 is 1.26 bits per heavy atom. The second kappa shape index (κ2) is 6.40. The van der Waals surface area contributed by atoms with E-state index >= 15 is 0 Å². The Bertz CT molecular complexity index is 416. The minimum absolute atomic E-state index is 0.576. The Kier molecular flexibility index (Phi) is 4.83. The average Bonchev–Trinajstić information content (AvgIpc) is 2.56. The highest BCUT2D eigenvalue weighted by molar-refractivity contribution is 5.56. The van der Waals surface area contributed by atoms with E-state index < -0.39 is 0 Å². The van der Waals surface area contributed by atoms with E-state index in [0.717, 1.165) is 26.1 Å². The molecule has 2 rings (SSSR count). The van der Waals surface area contributed by atoms with Crippen LogP contribution in [0.15, 0.2) is 18.2 Å². The molecule has 0 aliphatic carbocycles. The number of anilines is 1. The zero-order valence-corrected chi connectivity index (χ0v) is 12.5. The molecule has 0 spiro atoms. The number of nitrogens with two attached hydrogens (primary N) is 1. The van der Waals surface area contributed by atoms with Crippen LogP contribution >= 0.6 is 0 Å². The van der Waals surface area contributed by atoms with Gasteiger partial charge in [0.05, 0.1) is 0 Å². The minimum Gasteiger partial charge on any atom is -0.370 e. The minimum atomic E-state index is 0.576. The molecule has 1 aromatic rings. The molecule has 1 atom stereocenters. The largest absolute Gasteiger partial charge is 0.370 e. The predicted octanol–water partition coefficient (Wildman–Crippen LogP) is 2.16. The molecule has 0 aromatic heterocycles. The molecule has 0 bridgehead atoms. The Balaban J connectivity index is 2.21. The van der Waals surface area contributed by atoms with Crippen LogP contribution in [0.1, 0.15) is 24.0 Å². The Morgan fingerprint density at radius 2 is 2.05 bits per heavy atom. The van der Waals surface area contributed by atoms with Crippen molar-refractivity contribution in [2.45, 2.75) is 32.7 Å². The van der Waals surface area contributed by atoms with Gasteiger partial charge in [0.2, 0.25) is 0 Å². The highest BCUT2D eigenvalue weighted by Crippen LogP contribution is 2.25. The van der Waals surface area contributed by atoms with Crippen molar-refractivity contribution in [3.8, 4) is 0 Å². The van der Waals surface area contributed by atoms with Crippen molar-refractivity contribution in [1.29, 1.82) is 0 Å². The maximum absolute atomic E-state index is 5.77. The van der Waals surface area contributed by atoms with E-state index in [9.17, 15) is 0 Å². The normalized spacial score (nSPS) is 21.5. The van der Waals surface area contributed by atoms with Crippen LogP contribution in [-0.4, -0.2) is 44.2 Å². The average molecular weight is 261 g/mol. The van der Waals surface area contributed by atoms with E-state index in [1.165, 1.54) is 29.8 Å². The van der Waals surface area contributed by atoms with Crippen LogP contribution in [0.4, 0.5) is 5.69 Å². The number of benzene rings is 1. The van der Waals surface area contributed by atoms with Crippen molar-refractivity contribution in [2.24, 2.45) is 5.73 Å². The van der Waals surface area contributed by atoms with Crippen LogP contribution in [0.3, 0.4) is 0 Å². The van der Waals surface area contributed by atoms with E-state index in [-0.39, 0.29) is 0 Å². The van der Waals surface area contributed by atoms with Gasteiger partial charge < -0.3 is 15.5 Å². The van der Waals surface area contributed by atoms with Gasteiger partial charge in [0.25, 0.3) is 0 Å². The fourth-order valence-electron chi connectivity index (χ4n) is 2.98. The van der Waals surface area contributed by atoms with Gasteiger partial charge in [0.1, 0.15) is 0 Å². The molecule has 1 aliphatic heterocycles. The van der Waals surface area contributed by atoms with E-state index in [0.29, 0.717) is 6.04 Å². The Labute approximate surface area is 117 Å². The molecule has 3 nitrogen and oxygen atoms in total. The summed E-state index contributed by atoms with van der Waals surface area (Å²) < 4.78 is 0. The number of nitrogens with zero attached hydrogens (tertiary/aromatic N) is 2. The summed E-state index contributed by atoms with van der Waals surface area (Å²) in [6.45, 7) is 8.62. The van der Waals surface area contributed by atoms with Gasteiger partial charge in [-0.3, -0.25) is 0 Å². The maximum atomic E-state index is 5.77. The molecule has 1 aliphatic rings. The van der Waals surface area contributed by atoms with E-state index in [1.54, 1.807) is 0 Å². The molecule has 1 saturated heterocycles.